The van der Waals surface area contributed by atoms with Crippen molar-refractivity contribution in [1.29, 1.82) is 0 Å². The first-order chi connectivity index (χ1) is 12.2. The molecule has 1 aromatic carbocycles. The molecule has 0 atom stereocenters. The zero-order chi connectivity index (χ0) is 17.9. The molecule has 0 fully saturated rings. The Morgan fingerprint density at radius 3 is 2.88 bits per heavy atom. The Kier molecular flexibility index (Phi) is 8.02. The SMILES string of the molecule is CCCCn1cc[n+](CCCCCOc2c[c-]c(/C(C)=N/O)cc2)c1. The van der Waals surface area contributed by atoms with Crippen LogP contribution in [0, 0.1) is 6.07 Å². The summed E-state index contributed by atoms with van der Waals surface area (Å²) >= 11 is 0. The standard InChI is InChI=1S/C20H29N3O2/c1-3-4-12-22-14-15-23(17-22)13-6-5-7-16-25-20-10-8-19(9-11-20)18(2)21-24/h8,10-11,14-15,17,24H,3-7,12-13,16H2,1-2H3/b21-18+. The van der Waals surface area contributed by atoms with Crippen LogP contribution in [0.2, 0.25) is 0 Å². The average Bonchev–Trinajstić information content (AvgIpc) is 3.10. The van der Waals surface area contributed by atoms with Crippen molar-refractivity contribution >= 4 is 5.71 Å². The Hall–Kier alpha value is -2.30. The summed E-state index contributed by atoms with van der Waals surface area (Å²) in [6, 6.07) is 8.58. The minimum atomic E-state index is 0.549. The third kappa shape index (κ3) is 6.61. The van der Waals surface area contributed by atoms with Gasteiger partial charge in [-0.15, -0.1) is 35.0 Å². The monoisotopic (exact) mass is 343 g/mol. The molecule has 136 valence electrons. The van der Waals surface area contributed by atoms with E-state index in [2.05, 4.69) is 46.0 Å². The molecule has 25 heavy (non-hydrogen) atoms. The molecule has 0 saturated heterocycles. The van der Waals surface area contributed by atoms with Gasteiger partial charge < -0.3 is 9.94 Å². The fourth-order valence-electron chi connectivity index (χ4n) is 2.59. The predicted octanol–water partition coefficient (Wildman–Crippen LogP) is 3.82. The van der Waals surface area contributed by atoms with Crippen LogP contribution in [0.3, 0.4) is 0 Å². The first-order valence-electron chi connectivity index (χ1n) is 9.11. The molecule has 0 saturated carbocycles. The lowest BCUT2D eigenvalue weighted by molar-refractivity contribution is -0.696. The van der Waals surface area contributed by atoms with Crippen molar-refractivity contribution in [2.24, 2.45) is 5.16 Å². The Bertz CT molecular complexity index is 647. The van der Waals surface area contributed by atoms with Crippen LogP contribution in [0.1, 0.15) is 51.5 Å². The van der Waals surface area contributed by atoms with E-state index in [1.807, 2.05) is 12.1 Å². The Balaban J connectivity index is 1.59. The molecule has 2 rings (SSSR count). The van der Waals surface area contributed by atoms with E-state index < -0.39 is 0 Å². The van der Waals surface area contributed by atoms with Gasteiger partial charge in [0, 0.05) is 11.5 Å². The maximum absolute atomic E-state index is 8.74. The third-order valence-electron chi connectivity index (χ3n) is 4.17. The molecule has 0 amide bonds. The van der Waals surface area contributed by atoms with E-state index in [-0.39, 0.29) is 0 Å². The van der Waals surface area contributed by atoms with Gasteiger partial charge in [-0.05, 0) is 25.7 Å². The number of ether oxygens (including phenoxy) is 1. The van der Waals surface area contributed by atoms with Crippen molar-refractivity contribution in [2.75, 3.05) is 6.61 Å². The second kappa shape index (κ2) is 10.5. The van der Waals surface area contributed by atoms with Crippen LogP contribution in [-0.4, -0.2) is 22.1 Å². The second-order valence-electron chi connectivity index (χ2n) is 6.28. The topological polar surface area (TPSA) is 50.6 Å². The molecule has 0 unspecified atom stereocenters. The van der Waals surface area contributed by atoms with Crippen LogP contribution in [-0.2, 0) is 13.1 Å². The number of aromatic nitrogens is 2. The zero-order valence-corrected chi connectivity index (χ0v) is 15.3. The van der Waals surface area contributed by atoms with E-state index in [0.29, 0.717) is 12.3 Å². The van der Waals surface area contributed by atoms with E-state index in [1.54, 1.807) is 13.0 Å². The maximum Gasteiger partial charge on any atom is 0.243 e. The molecule has 0 spiro atoms. The smallest absolute Gasteiger partial charge is 0.243 e. The molecular weight excluding hydrogens is 314 g/mol. The highest BCUT2D eigenvalue weighted by Crippen LogP contribution is 2.13. The predicted molar refractivity (Wildman–Crippen MR) is 98.2 cm³/mol. The highest BCUT2D eigenvalue weighted by atomic mass is 16.5. The molecule has 0 aliphatic rings. The molecule has 5 nitrogen and oxygen atoms in total. The summed E-state index contributed by atoms with van der Waals surface area (Å²) < 4.78 is 10.2. The number of aryl methyl sites for hydroxylation is 2. The lowest BCUT2D eigenvalue weighted by atomic mass is 10.1. The zero-order valence-electron chi connectivity index (χ0n) is 15.3. The van der Waals surface area contributed by atoms with Gasteiger partial charge in [0.2, 0.25) is 6.33 Å². The van der Waals surface area contributed by atoms with Crippen LogP contribution in [0.25, 0.3) is 0 Å². The fraction of sp³-hybridized carbons (Fsp3) is 0.500. The number of hydrogen-bond acceptors (Lipinski definition) is 3. The van der Waals surface area contributed by atoms with Gasteiger partial charge in [-0.25, -0.2) is 9.13 Å². The summed E-state index contributed by atoms with van der Waals surface area (Å²) in [6.45, 7) is 6.83. The molecular formula is C20H29N3O2. The molecule has 0 aliphatic carbocycles. The summed E-state index contributed by atoms with van der Waals surface area (Å²) in [6.07, 6.45) is 12.3. The fourth-order valence-corrected chi connectivity index (χ4v) is 2.59. The number of benzene rings is 1. The van der Waals surface area contributed by atoms with Crippen molar-refractivity contribution < 1.29 is 14.5 Å². The summed E-state index contributed by atoms with van der Waals surface area (Å²) in [5, 5.41) is 11.9. The van der Waals surface area contributed by atoms with Crippen molar-refractivity contribution in [3.8, 4) is 5.75 Å². The first kappa shape index (κ1) is 19.0. The minimum absolute atomic E-state index is 0.549. The largest absolute Gasteiger partial charge is 0.537 e. The molecule has 0 radical (unpaired) electrons. The maximum atomic E-state index is 8.74. The first-order valence-corrected chi connectivity index (χ1v) is 9.11. The van der Waals surface area contributed by atoms with Gasteiger partial charge in [0.05, 0.1) is 19.7 Å². The van der Waals surface area contributed by atoms with Crippen LogP contribution in [0.5, 0.6) is 5.75 Å². The lowest BCUT2D eigenvalue weighted by Crippen LogP contribution is -2.30. The number of unbranched alkanes of at least 4 members (excludes halogenated alkanes) is 3. The molecule has 0 aliphatic heterocycles. The van der Waals surface area contributed by atoms with Gasteiger partial charge in [-0.3, -0.25) is 0 Å². The lowest BCUT2D eigenvalue weighted by Gasteiger charge is -2.12. The highest BCUT2D eigenvalue weighted by molar-refractivity contribution is 5.98. The number of oxime groups is 1. The second-order valence-corrected chi connectivity index (χ2v) is 6.28. The van der Waals surface area contributed by atoms with E-state index in [9.17, 15) is 0 Å². The summed E-state index contributed by atoms with van der Waals surface area (Å²) in [4.78, 5) is 0. The number of hydrogen-bond donors (Lipinski definition) is 1. The van der Waals surface area contributed by atoms with Crippen LogP contribution >= 0.6 is 0 Å². The minimum Gasteiger partial charge on any atom is -0.537 e. The van der Waals surface area contributed by atoms with Crippen LogP contribution in [0.15, 0.2) is 42.1 Å². The van der Waals surface area contributed by atoms with E-state index in [0.717, 1.165) is 43.7 Å². The number of nitrogens with zero attached hydrogens (tertiary/aromatic N) is 3. The molecule has 0 bridgehead atoms. The molecule has 2 aromatic rings. The quantitative estimate of drug-likeness (QED) is 0.168. The van der Waals surface area contributed by atoms with Gasteiger partial charge in [-0.1, -0.05) is 20.3 Å². The highest BCUT2D eigenvalue weighted by Gasteiger charge is 2.02. The number of rotatable bonds is 11. The molecule has 1 N–H and O–H groups in total. The van der Waals surface area contributed by atoms with Crippen LogP contribution in [0.4, 0.5) is 0 Å². The van der Waals surface area contributed by atoms with E-state index in [1.165, 1.54) is 12.8 Å². The van der Waals surface area contributed by atoms with Gasteiger partial charge in [0.1, 0.15) is 12.4 Å². The van der Waals surface area contributed by atoms with E-state index >= 15 is 0 Å². The van der Waals surface area contributed by atoms with Gasteiger partial charge in [-0.2, -0.15) is 0 Å². The Labute approximate surface area is 150 Å². The third-order valence-corrected chi connectivity index (χ3v) is 4.17. The molecule has 1 heterocycles. The van der Waals surface area contributed by atoms with Crippen molar-refractivity contribution in [2.45, 2.75) is 59.0 Å². The number of imidazole rings is 1. The average molecular weight is 343 g/mol. The van der Waals surface area contributed by atoms with Crippen molar-refractivity contribution in [1.82, 2.24) is 4.57 Å². The Morgan fingerprint density at radius 2 is 2.16 bits per heavy atom. The van der Waals surface area contributed by atoms with E-state index in [4.69, 9.17) is 9.94 Å². The Morgan fingerprint density at radius 1 is 1.28 bits per heavy atom. The summed E-state index contributed by atoms with van der Waals surface area (Å²) in [7, 11) is 0. The van der Waals surface area contributed by atoms with Gasteiger partial charge >= 0.3 is 0 Å². The normalized spacial score (nSPS) is 11.7. The molecule has 5 heteroatoms. The van der Waals surface area contributed by atoms with Crippen molar-refractivity contribution in [3.05, 3.63) is 48.5 Å². The van der Waals surface area contributed by atoms with Gasteiger partial charge in [0.25, 0.3) is 0 Å². The molecule has 1 aromatic heterocycles. The summed E-state index contributed by atoms with van der Waals surface area (Å²) in [5.41, 5.74) is 1.32. The van der Waals surface area contributed by atoms with Gasteiger partial charge in [0.15, 0.2) is 0 Å². The van der Waals surface area contributed by atoms with Crippen LogP contribution < -0.4 is 9.30 Å². The summed E-state index contributed by atoms with van der Waals surface area (Å²) in [5.74, 6) is 0.803. The van der Waals surface area contributed by atoms with Crippen molar-refractivity contribution in [3.63, 3.8) is 0 Å².